The Labute approximate surface area is 158 Å². The quantitative estimate of drug-likeness (QED) is 0.729. The van der Waals surface area contributed by atoms with Gasteiger partial charge in [0.1, 0.15) is 6.04 Å². The fourth-order valence-corrected chi connectivity index (χ4v) is 2.48. The minimum atomic E-state index is -0.892. The monoisotopic (exact) mass is 372 g/mol. The Bertz CT molecular complexity index is 812. The van der Waals surface area contributed by atoms with E-state index in [0.717, 1.165) is 11.1 Å². The number of esters is 1. The number of carbonyl (C=O) groups is 3. The van der Waals surface area contributed by atoms with Crippen molar-refractivity contribution >= 4 is 23.5 Å². The van der Waals surface area contributed by atoms with Gasteiger partial charge in [-0.3, -0.25) is 9.59 Å². The average molecular weight is 372 g/mol. The second-order valence-electron chi connectivity index (χ2n) is 6.65. The number of hydrogen-bond acceptors (Lipinski definition) is 5. The van der Waals surface area contributed by atoms with Crippen molar-refractivity contribution in [2.24, 2.45) is 5.92 Å². The van der Waals surface area contributed by atoms with E-state index in [4.69, 9.17) is 9.15 Å². The van der Waals surface area contributed by atoms with Crippen molar-refractivity contribution in [1.82, 2.24) is 5.32 Å². The molecule has 2 rings (SSSR count). The van der Waals surface area contributed by atoms with Gasteiger partial charge in [0.25, 0.3) is 11.8 Å². The molecule has 0 bridgehead atoms. The number of hydrogen-bond donors (Lipinski definition) is 2. The Morgan fingerprint density at radius 3 is 2.48 bits per heavy atom. The van der Waals surface area contributed by atoms with E-state index >= 15 is 0 Å². The Morgan fingerprint density at radius 2 is 1.89 bits per heavy atom. The zero-order chi connectivity index (χ0) is 20.0. The SMILES string of the molecule is Cc1ccc(NC(=O)COC(=O)[C@@H](NC(=O)c2ccco2)C(C)C)c(C)c1. The van der Waals surface area contributed by atoms with Crippen molar-refractivity contribution in [3.63, 3.8) is 0 Å². The Hall–Kier alpha value is -3.09. The molecule has 1 aromatic carbocycles. The van der Waals surface area contributed by atoms with Crippen molar-refractivity contribution in [3.8, 4) is 0 Å². The number of rotatable bonds is 7. The Kier molecular flexibility index (Phi) is 6.76. The topological polar surface area (TPSA) is 97.6 Å². The Morgan fingerprint density at radius 1 is 1.15 bits per heavy atom. The third-order valence-electron chi connectivity index (χ3n) is 3.95. The van der Waals surface area contributed by atoms with Crippen LogP contribution in [0.3, 0.4) is 0 Å². The highest BCUT2D eigenvalue weighted by Gasteiger charge is 2.27. The molecule has 1 aromatic heterocycles. The van der Waals surface area contributed by atoms with Crippen molar-refractivity contribution in [1.29, 1.82) is 0 Å². The number of nitrogens with one attached hydrogen (secondary N) is 2. The highest BCUT2D eigenvalue weighted by molar-refractivity contribution is 5.96. The van der Waals surface area contributed by atoms with Crippen molar-refractivity contribution in [2.75, 3.05) is 11.9 Å². The van der Waals surface area contributed by atoms with Gasteiger partial charge in [0.05, 0.1) is 6.26 Å². The van der Waals surface area contributed by atoms with Gasteiger partial charge in [-0.15, -0.1) is 0 Å². The fourth-order valence-electron chi connectivity index (χ4n) is 2.48. The molecule has 0 aliphatic heterocycles. The molecule has 0 unspecified atom stereocenters. The van der Waals surface area contributed by atoms with E-state index in [2.05, 4.69) is 10.6 Å². The molecule has 144 valence electrons. The number of benzene rings is 1. The fraction of sp³-hybridized carbons (Fsp3) is 0.350. The smallest absolute Gasteiger partial charge is 0.329 e. The maximum Gasteiger partial charge on any atom is 0.329 e. The minimum absolute atomic E-state index is 0.0982. The molecule has 2 amide bonds. The second-order valence-corrected chi connectivity index (χ2v) is 6.65. The van der Waals surface area contributed by atoms with Crippen LogP contribution in [-0.2, 0) is 14.3 Å². The normalized spacial score (nSPS) is 11.7. The number of carbonyl (C=O) groups excluding carboxylic acids is 3. The van der Waals surface area contributed by atoms with E-state index in [1.807, 2.05) is 26.0 Å². The molecule has 0 aliphatic rings. The van der Waals surface area contributed by atoms with Crippen LogP contribution in [0, 0.1) is 19.8 Å². The first-order chi connectivity index (χ1) is 12.8. The standard InChI is InChI=1S/C20H24N2O5/c1-12(2)18(22-19(24)16-6-5-9-26-16)20(25)27-11-17(23)21-15-8-7-13(3)10-14(15)4/h5-10,12,18H,11H2,1-4H3,(H,21,23)(H,22,24)/t18-/m0/s1. The van der Waals surface area contributed by atoms with Crippen LogP contribution >= 0.6 is 0 Å². The summed E-state index contributed by atoms with van der Waals surface area (Å²) in [5.74, 6) is -1.77. The van der Waals surface area contributed by atoms with Gasteiger partial charge in [-0.05, 0) is 43.5 Å². The van der Waals surface area contributed by atoms with Crippen LogP contribution in [0.5, 0.6) is 0 Å². The summed E-state index contributed by atoms with van der Waals surface area (Å²) >= 11 is 0. The molecule has 7 heteroatoms. The summed E-state index contributed by atoms with van der Waals surface area (Å²) in [6.45, 7) is 6.94. The van der Waals surface area contributed by atoms with Crippen LogP contribution in [0.25, 0.3) is 0 Å². The van der Waals surface area contributed by atoms with E-state index in [1.54, 1.807) is 26.0 Å². The highest BCUT2D eigenvalue weighted by atomic mass is 16.5. The van der Waals surface area contributed by atoms with Crippen LogP contribution in [0.15, 0.2) is 41.0 Å². The second kappa shape index (κ2) is 9.02. The van der Waals surface area contributed by atoms with Crippen LogP contribution in [0.1, 0.15) is 35.5 Å². The number of amides is 2. The van der Waals surface area contributed by atoms with Crippen LogP contribution in [0.2, 0.25) is 0 Å². The van der Waals surface area contributed by atoms with Crippen molar-refractivity contribution in [3.05, 3.63) is 53.5 Å². The summed E-state index contributed by atoms with van der Waals surface area (Å²) in [4.78, 5) is 36.5. The van der Waals surface area contributed by atoms with Gasteiger partial charge in [0.15, 0.2) is 12.4 Å². The van der Waals surface area contributed by atoms with E-state index in [-0.39, 0.29) is 11.7 Å². The lowest BCUT2D eigenvalue weighted by Crippen LogP contribution is -2.45. The van der Waals surface area contributed by atoms with Gasteiger partial charge in [0, 0.05) is 5.69 Å². The lowest BCUT2D eigenvalue weighted by molar-refractivity contribution is -0.150. The molecule has 0 aliphatic carbocycles. The molecule has 1 heterocycles. The number of ether oxygens (including phenoxy) is 1. The summed E-state index contributed by atoms with van der Waals surface area (Å²) in [7, 11) is 0. The van der Waals surface area contributed by atoms with Gasteiger partial charge in [-0.25, -0.2) is 4.79 Å². The highest BCUT2D eigenvalue weighted by Crippen LogP contribution is 2.16. The van der Waals surface area contributed by atoms with E-state index in [1.165, 1.54) is 12.3 Å². The molecule has 1 atom stereocenters. The lowest BCUT2D eigenvalue weighted by atomic mass is 10.0. The minimum Gasteiger partial charge on any atom is -0.459 e. The molecule has 0 spiro atoms. The summed E-state index contributed by atoms with van der Waals surface area (Å²) in [6.07, 6.45) is 1.37. The third-order valence-corrected chi connectivity index (χ3v) is 3.95. The van der Waals surface area contributed by atoms with E-state index < -0.39 is 30.4 Å². The van der Waals surface area contributed by atoms with Gasteiger partial charge >= 0.3 is 5.97 Å². The molecule has 0 fully saturated rings. The maximum atomic E-state index is 12.3. The summed E-state index contributed by atoms with van der Waals surface area (Å²) in [5.41, 5.74) is 2.66. The first-order valence-corrected chi connectivity index (χ1v) is 8.66. The Balaban J connectivity index is 1.91. The summed E-state index contributed by atoms with van der Waals surface area (Å²) in [5, 5.41) is 5.27. The predicted octanol–water partition coefficient (Wildman–Crippen LogP) is 2.83. The van der Waals surface area contributed by atoms with Crippen molar-refractivity contribution in [2.45, 2.75) is 33.7 Å². The molecular formula is C20H24N2O5. The zero-order valence-electron chi connectivity index (χ0n) is 15.9. The van der Waals surface area contributed by atoms with Crippen LogP contribution < -0.4 is 10.6 Å². The van der Waals surface area contributed by atoms with Crippen molar-refractivity contribution < 1.29 is 23.5 Å². The van der Waals surface area contributed by atoms with Crippen LogP contribution in [0.4, 0.5) is 5.69 Å². The molecule has 0 saturated carbocycles. The molecule has 0 saturated heterocycles. The molecule has 2 N–H and O–H groups in total. The summed E-state index contributed by atoms with van der Waals surface area (Å²) < 4.78 is 10.1. The lowest BCUT2D eigenvalue weighted by Gasteiger charge is -2.20. The number of aryl methyl sites for hydroxylation is 2. The molecule has 27 heavy (non-hydrogen) atoms. The predicted molar refractivity (Wildman–Crippen MR) is 100 cm³/mol. The van der Waals surface area contributed by atoms with E-state index in [0.29, 0.717) is 5.69 Å². The first kappa shape index (κ1) is 20.2. The van der Waals surface area contributed by atoms with E-state index in [9.17, 15) is 14.4 Å². The van der Waals surface area contributed by atoms with Gasteiger partial charge in [0.2, 0.25) is 0 Å². The van der Waals surface area contributed by atoms with Gasteiger partial charge in [-0.2, -0.15) is 0 Å². The largest absolute Gasteiger partial charge is 0.459 e. The third kappa shape index (κ3) is 5.70. The maximum absolute atomic E-state index is 12.3. The first-order valence-electron chi connectivity index (χ1n) is 8.66. The van der Waals surface area contributed by atoms with Gasteiger partial charge < -0.3 is 19.8 Å². The number of furan rings is 1. The van der Waals surface area contributed by atoms with Gasteiger partial charge in [-0.1, -0.05) is 31.5 Å². The average Bonchev–Trinajstić information content (AvgIpc) is 3.14. The molecule has 2 aromatic rings. The molecule has 0 radical (unpaired) electrons. The zero-order valence-corrected chi connectivity index (χ0v) is 15.9. The summed E-state index contributed by atoms with van der Waals surface area (Å²) in [6, 6.07) is 7.81. The molecule has 7 nitrogen and oxygen atoms in total. The molecular weight excluding hydrogens is 348 g/mol. The number of anilines is 1. The van der Waals surface area contributed by atoms with Crippen LogP contribution in [-0.4, -0.2) is 30.4 Å².